The molecule has 1 N–H and O–H groups in total. The average molecular weight is 234 g/mol. The van der Waals surface area contributed by atoms with Crippen LogP contribution in [0, 0.1) is 10.1 Å². The van der Waals surface area contributed by atoms with Crippen molar-refractivity contribution in [1.82, 2.24) is 0 Å². The van der Waals surface area contributed by atoms with E-state index in [1.54, 1.807) is 6.07 Å². The van der Waals surface area contributed by atoms with Crippen LogP contribution in [0.25, 0.3) is 0 Å². The number of nitro benzene ring substituents is 1. The number of amides is 1. The molecule has 5 nitrogen and oxygen atoms in total. The molecule has 5 heteroatoms. The number of rotatable bonds is 2. The number of nitrogens with one attached hydrogen (secondary N) is 1. The Morgan fingerprint density at radius 3 is 2.71 bits per heavy atom. The van der Waals surface area contributed by atoms with Crippen LogP contribution in [0.15, 0.2) is 12.1 Å². The van der Waals surface area contributed by atoms with Crippen LogP contribution in [0.2, 0.25) is 0 Å². The molecule has 0 atom stereocenters. The Bertz CT molecular complexity index is 483. The molecule has 17 heavy (non-hydrogen) atoms. The number of hydrogen-bond acceptors (Lipinski definition) is 3. The van der Waals surface area contributed by atoms with Gasteiger partial charge in [0.15, 0.2) is 0 Å². The lowest BCUT2D eigenvalue weighted by Crippen LogP contribution is -2.12. The fourth-order valence-corrected chi connectivity index (χ4v) is 2.26. The van der Waals surface area contributed by atoms with Gasteiger partial charge in [0.1, 0.15) is 0 Å². The highest BCUT2D eigenvalue weighted by Gasteiger charge is 2.19. The third-order valence-electron chi connectivity index (χ3n) is 2.97. The van der Waals surface area contributed by atoms with E-state index < -0.39 is 4.92 Å². The highest BCUT2D eigenvalue weighted by molar-refractivity contribution is 5.90. The zero-order chi connectivity index (χ0) is 12.4. The number of nitrogens with zero attached hydrogens (tertiary/aromatic N) is 1. The third-order valence-corrected chi connectivity index (χ3v) is 2.97. The minimum absolute atomic E-state index is 0.0504. The van der Waals surface area contributed by atoms with Crippen LogP contribution < -0.4 is 5.32 Å². The second-order valence-corrected chi connectivity index (χ2v) is 4.28. The van der Waals surface area contributed by atoms with E-state index in [1.807, 2.05) is 0 Å². The number of fused-ring (bicyclic) bond motifs is 1. The second kappa shape index (κ2) is 4.53. The Morgan fingerprint density at radius 2 is 2.06 bits per heavy atom. The van der Waals surface area contributed by atoms with Crippen molar-refractivity contribution in [2.24, 2.45) is 0 Å². The number of hydrogen-bond donors (Lipinski definition) is 1. The molecule has 0 bridgehead atoms. The Morgan fingerprint density at radius 1 is 1.35 bits per heavy atom. The monoisotopic (exact) mass is 234 g/mol. The maximum atomic E-state index is 11.1. The lowest BCUT2D eigenvalue weighted by molar-refractivity contribution is -0.384. The van der Waals surface area contributed by atoms with Crippen LogP contribution in [-0.2, 0) is 17.6 Å². The summed E-state index contributed by atoms with van der Waals surface area (Å²) in [5.41, 5.74) is 2.70. The summed E-state index contributed by atoms with van der Waals surface area (Å²) >= 11 is 0. The van der Waals surface area contributed by atoms with Crippen molar-refractivity contribution in [2.75, 3.05) is 5.32 Å². The summed E-state index contributed by atoms with van der Waals surface area (Å²) < 4.78 is 0. The first-order chi connectivity index (χ1) is 8.08. The van der Waals surface area contributed by atoms with Crippen molar-refractivity contribution in [3.63, 3.8) is 0 Å². The summed E-state index contributed by atoms with van der Waals surface area (Å²) in [4.78, 5) is 21.5. The van der Waals surface area contributed by atoms with Gasteiger partial charge < -0.3 is 5.32 Å². The molecule has 1 aromatic rings. The topological polar surface area (TPSA) is 72.2 Å². The largest absolute Gasteiger partial charge is 0.326 e. The molecule has 0 aromatic heterocycles. The first kappa shape index (κ1) is 11.6. The Labute approximate surface area is 99.0 Å². The van der Waals surface area contributed by atoms with E-state index in [9.17, 15) is 14.9 Å². The number of carbonyl (C=O) groups is 1. The van der Waals surface area contributed by atoms with Crippen molar-refractivity contribution in [2.45, 2.75) is 32.6 Å². The highest BCUT2D eigenvalue weighted by atomic mass is 16.6. The summed E-state index contributed by atoms with van der Waals surface area (Å²) in [5, 5.41) is 13.5. The van der Waals surface area contributed by atoms with Gasteiger partial charge in [-0.3, -0.25) is 14.9 Å². The normalized spacial score (nSPS) is 13.9. The first-order valence-corrected chi connectivity index (χ1v) is 5.65. The minimum atomic E-state index is -0.416. The minimum Gasteiger partial charge on any atom is -0.326 e. The van der Waals surface area contributed by atoms with Crippen LogP contribution in [0.5, 0.6) is 0 Å². The fourth-order valence-electron chi connectivity index (χ4n) is 2.26. The average Bonchev–Trinajstić information content (AvgIpc) is 2.28. The van der Waals surface area contributed by atoms with Gasteiger partial charge in [-0.25, -0.2) is 0 Å². The summed E-state index contributed by atoms with van der Waals surface area (Å²) in [6, 6.07) is 3.07. The molecule has 1 aromatic carbocycles. The fraction of sp³-hybridized carbons (Fsp3) is 0.417. The molecule has 1 amide bonds. The number of nitro groups is 1. The van der Waals surface area contributed by atoms with E-state index in [0.29, 0.717) is 5.69 Å². The third kappa shape index (κ3) is 2.43. The van der Waals surface area contributed by atoms with Crippen LogP contribution in [0.3, 0.4) is 0 Å². The number of aryl methyl sites for hydroxylation is 1. The van der Waals surface area contributed by atoms with Crippen molar-refractivity contribution in [3.8, 4) is 0 Å². The molecule has 0 saturated heterocycles. The van der Waals surface area contributed by atoms with E-state index in [1.165, 1.54) is 13.0 Å². The molecule has 0 aliphatic heterocycles. The lowest BCUT2D eigenvalue weighted by Gasteiger charge is -2.19. The van der Waals surface area contributed by atoms with E-state index in [2.05, 4.69) is 5.32 Å². The maximum Gasteiger partial charge on any atom is 0.271 e. The predicted octanol–water partition coefficient (Wildman–Crippen LogP) is 2.43. The molecule has 0 radical (unpaired) electrons. The SMILES string of the molecule is CC(=O)Nc1cc([N+](=O)[O-])cc2c1CCCC2. The molecule has 0 unspecified atom stereocenters. The predicted molar refractivity (Wildman–Crippen MR) is 64.0 cm³/mol. The molecule has 1 aliphatic carbocycles. The van der Waals surface area contributed by atoms with Crippen LogP contribution in [-0.4, -0.2) is 10.8 Å². The Hall–Kier alpha value is -1.91. The molecule has 0 fully saturated rings. The Kier molecular flexibility index (Phi) is 3.08. The zero-order valence-electron chi connectivity index (χ0n) is 9.66. The van der Waals surface area contributed by atoms with Crippen molar-refractivity contribution >= 4 is 17.3 Å². The second-order valence-electron chi connectivity index (χ2n) is 4.28. The van der Waals surface area contributed by atoms with Crippen molar-refractivity contribution < 1.29 is 9.72 Å². The quantitative estimate of drug-likeness (QED) is 0.631. The van der Waals surface area contributed by atoms with E-state index in [4.69, 9.17) is 0 Å². The number of carbonyl (C=O) groups excluding carboxylic acids is 1. The smallest absolute Gasteiger partial charge is 0.271 e. The van der Waals surface area contributed by atoms with Gasteiger partial charge >= 0.3 is 0 Å². The molecule has 0 saturated carbocycles. The van der Waals surface area contributed by atoms with Gasteiger partial charge in [0, 0.05) is 19.1 Å². The van der Waals surface area contributed by atoms with Crippen molar-refractivity contribution in [1.29, 1.82) is 0 Å². The van der Waals surface area contributed by atoms with E-state index >= 15 is 0 Å². The summed E-state index contributed by atoms with van der Waals surface area (Å²) in [6.07, 6.45) is 3.84. The van der Waals surface area contributed by atoms with Crippen LogP contribution in [0.1, 0.15) is 30.9 Å². The molecule has 90 valence electrons. The molecular formula is C12H14N2O3. The number of anilines is 1. The van der Waals surface area contributed by atoms with Gasteiger partial charge in [0.05, 0.1) is 10.6 Å². The van der Waals surface area contributed by atoms with E-state index in [-0.39, 0.29) is 11.6 Å². The van der Waals surface area contributed by atoms with Gasteiger partial charge in [-0.1, -0.05) is 0 Å². The van der Waals surface area contributed by atoms with Gasteiger partial charge in [0.2, 0.25) is 5.91 Å². The Balaban J connectivity index is 2.49. The number of non-ortho nitro benzene ring substituents is 1. The maximum absolute atomic E-state index is 11.1. The van der Waals surface area contributed by atoms with Gasteiger partial charge in [-0.15, -0.1) is 0 Å². The van der Waals surface area contributed by atoms with Gasteiger partial charge in [-0.2, -0.15) is 0 Å². The summed E-state index contributed by atoms with van der Waals surface area (Å²) in [7, 11) is 0. The van der Waals surface area contributed by atoms with Crippen LogP contribution >= 0.6 is 0 Å². The standard InChI is InChI=1S/C12H14N2O3/c1-8(15)13-12-7-10(14(16)17)6-9-4-2-3-5-11(9)12/h6-7H,2-5H2,1H3,(H,13,15). The van der Waals surface area contributed by atoms with Crippen molar-refractivity contribution in [3.05, 3.63) is 33.4 Å². The molecular weight excluding hydrogens is 220 g/mol. The summed E-state index contributed by atoms with van der Waals surface area (Å²) in [5.74, 6) is -0.196. The first-order valence-electron chi connectivity index (χ1n) is 5.65. The molecule has 1 aliphatic rings. The molecule has 0 spiro atoms. The van der Waals surface area contributed by atoms with Gasteiger partial charge in [0.25, 0.3) is 5.69 Å². The summed E-state index contributed by atoms with van der Waals surface area (Å²) in [6.45, 7) is 1.41. The number of benzene rings is 1. The molecule has 0 heterocycles. The lowest BCUT2D eigenvalue weighted by atomic mass is 9.90. The van der Waals surface area contributed by atoms with E-state index in [0.717, 1.165) is 36.8 Å². The highest BCUT2D eigenvalue weighted by Crippen LogP contribution is 2.32. The van der Waals surface area contributed by atoms with Gasteiger partial charge in [-0.05, 0) is 36.8 Å². The zero-order valence-corrected chi connectivity index (χ0v) is 9.66. The molecule has 2 rings (SSSR count). The van der Waals surface area contributed by atoms with Crippen LogP contribution in [0.4, 0.5) is 11.4 Å².